The van der Waals surface area contributed by atoms with E-state index in [1.54, 1.807) is 24.7 Å². The molecule has 0 unspecified atom stereocenters. The topological polar surface area (TPSA) is 50.1 Å². The Morgan fingerprint density at radius 3 is 2.67 bits per heavy atom. The van der Waals surface area contributed by atoms with Crippen LogP contribution in [0.4, 0.5) is 4.39 Å². The fourth-order valence-electron chi connectivity index (χ4n) is 2.58. The smallest absolute Gasteiger partial charge is 0.123 e. The first-order chi connectivity index (χ1) is 11.6. The summed E-state index contributed by atoms with van der Waals surface area (Å²) in [5.41, 5.74) is 2.86. The number of hydrogen-bond donors (Lipinski definition) is 2. The number of benzene rings is 2. The van der Waals surface area contributed by atoms with E-state index in [1.165, 1.54) is 12.1 Å². The second kappa shape index (κ2) is 7.38. The van der Waals surface area contributed by atoms with Gasteiger partial charge < -0.3 is 15.0 Å². The summed E-state index contributed by atoms with van der Waals surface area (Å²) in [5.74, 6) is -0.302. The highest BCUT2D eigenvalue weighted by molar-refractivity contribution is 5.37. The quantitative estimate of drug-likeness (QED) is 0.730. The molecule has 3 aromatic rings. The van der Waals surface area contributed by atoms with Crippen molar-refractivity contribution in [3.8, 4) is 5.69 Å². The maximum Gasteiger partial charge on any atom is 0.123 e. The summed E-state index contributed by atoms with van der Waals surface area (Å²) in [6.45, 7) is 2.44. The van der Waals surface area contributed by atoms with Crippen LogP contribution >= 0.6 is 0 Å². The summed E-state index contributed by atoms with van der Waals surface area (Å²) in [5, 5.41) is 13.5. The molecule has 0 amide bonds. The van der Waals surface area contributed by atoms with Crippen LogP contribution in [-0.2, 0) is 0 Å². The van der Waals surface area contributed by atoms with Crippen molar-refractivity contribution >= 4 is 0 Å². The zero-order valence-electron chi connectivity index (χ0n) is 13.4. The molecule has 2 atom stereocenters. The zero-order chi connectivity index (χ0) is 16.9. The molecule has 0 aliphatic carbocycles. The van der Waals surface area contributed by atoms with Crippen LogP contribution in [0.1, 0.15) is 30.2 Å². The molecule has 124 valence electrons. The normalized spacial score (nSPS) is 13.6. The summed E-state index contributed by atoms with van der Waals surface area (Å²) >= 11 is 0. The molecule has 3 rings (SSSR count). The Morgan fingerprint density at radius 1 is 1.17 bits per heavy atom. The molecular formula is C19H20FN3O. The predicted molar refractivity (Wildman–Crippen MR) is 91.3 cm³/mol. The van der Waals surface area contributed by atoms with Crippen LogP contribution in [0.3, 0.4) is 0 Å². The van der Waals surface area contributed by atoms with Crippen molar-refractivity contribution in [3.63, 3.8) is 0 Å². The third-order valence-corrected chi connectivity index (χ3v) is 4.04. The molecule has 24 heavy (non-hydrogen) atoms. The van der Waals surface area contributed by atoms with E-state index >= 15 is 0 Å². The Morgan fingerprint density at radius 2 is 1.96 bits per heavy atom. The number of hydrogen-bond acceptors (Lipinski definition) is 3. The van der Waals surface area contributed by atoms with Gasteiger partial charge in [0.1, 0.15) is 5.82 Å². The number of imidazole rings is 1. The van der Waals surface area contributed by atoms with Crippen molar-refractivity contribution in [1.82, 2.24) is 14.9 Å². The lowest BCUT2D eigenvalue weighted by Gasteiger charge is -2.18. The van der Waals surface area contributed by atoms with Crippen molar-refractivity contribution in [2.75, 3.05) is 6.54 Å². The molecule has 0 fully saturated rings. The second-order valence-electron chi connectivity index (χ2n) is 5.76. The summed E-state index contributed by atoms with van der Waals surface area (Å²) in [7, 11) is 0. The fraction of sp³-hybridized carbons (Fsp3) is 0.211. The standard InChI is InChI=1S/C19H20FN3O/c1-14(22-12-19(24)15-5-7-17(20)8-6-15)16-3-2-4-18(11-16)23-10-9-21-13-23/h2-11,13-14,19,22,24H,12H2,1H3/t14-,19+/m0/s1. The molecule has 0 saturated heterocycles. The molecular weight excluding hydrogens is 305 g/mol. The average molecular weight is 325 g/mol. The van der Waals surface area contributed by atoms with E-state index in [0.717, 1.165) is 11.3 Å². The van der Waals surface area contributed by atoms with Gasteiger partial charge >= 0.3 is 0 Å². The van der Waals surface area contributed by atoms with Crippen LogP contribution in [0.25, 0.3) is 5.69 Å². The molecule has 0 saturated carbocycles. The summed E-state index contributed by atoms with van der Waals surface area (Å²) in [6, 6.07) is 14.1. The number of aliphatic hydroxyl groups is 1. The van der Waals surface area contributed by atoms with E-state index in [2.05, 4.69) is 16.4 Å². The number of rotatable bonds is 6. The largest absolute Gasteiger partial charge is 0.387 e. The minimum atomic E-state index is -0.676. The van der Waals surface area contributed by atoms with Gasteiger partial charge in [-0.15, -0.1) is 0 Å². The van der Waals surface area contributed by atoms with Gasteiger partial charge in [0, 0.05) is 30.7 Å². The third-order valence-electron chi connectivity index (χ3n) is 4.04. The average Bonchev–Trinajstić information content (AvgIpc) is 3.15. The van der Waals surface area contributed by atoms with Gasteiger partial charge in [-0.1, -0.05) is 24.3 Å². The second-order valence-corrected chi connectivity index (χ2v) is 5.76. The van der Waals surface area contributed by atoms with Crippen molar-refractivity contribution in [3.05, 3.63) is 84.2 Å². The first-order valence-electron chi connectivity index (χ1n) is 7.88. The van der Waals surface area contributed by atoms with Crippen LogP contribution in [0.5, 0.6) is 0 Å². The van der Waals surface area contributed by atoms with Gasteiger partial charge in [0.05, 0.1) is 12.4 Å². The summed E-state index contributed by atoms with van der Waals surface area (Å²) < 4.78 is 14.9. The van der Waals surface area contributed by atoms with E-state index in [0.29, 0.717) is 12.1 Å². The maximum atomic E-state index is 12.9. The van der Waals surface area contributed by atoms with Gasteiger partial charge in [-0.3, -0.25) is 0 Å². The van der Waals surface area contributed by atoms with Crippen LogP contribution in [0.2, 0.25) is 0 Å². The lowest BCUT2D eigenvalue weighted by atomic mass is 10.1. The van der Waals surface area contributed by atoms with E-state index < -0.39 is 6.10 Å². The zero-order valence-corrected chi connectivity index (χ0v) is 13.4. The van der Waals surface area contributed by atoms with Crippen molar-refractivity contribution in [2.24, 2.45) is 0 Å². The van der Waals surface area contributed by atoms with Crippen molar-refractivity contribution in [2.45, 2.75) is 19.1 Å². The minimum Gasteiger partial charge on any atom is -0.387 e. The Kier molecular flexibility index (Phi) is 5.03. The Balaban J connectivity index is 1.63. The molecule has 0 aliphatic rings. The van der Waals surface area contributed by atoms with Gasteiger partial charge in [0.15, 0.2) is 0 Å². The Labute approximate surface area is 140 Å². The molecule has 2 aromatic carbocycles. The van der Waals surface area contributed by atoms with Crippen LogP contribution in [0, 0.1) is 5.82 Å². The van der Waals surface area contributed by atoms with Crippen molar-refractivity contribution in [1.29, 1.82) is 0 Å². The number of aromatic nitrogens is 2. The SMILES string of the molecule is C[C@H](NC[C@@H](O)c1ccc(F)cc1)c1cccc(-n2ccnc2)c1. The molecule has 4 nitrogen and oxygen atoms in total. The first-order valence-corrected chi connectivity index (χ1v) is 7.88. The number of nitrogens with one attached hydrogen (secondary N) is 1. The Bertz CT molecular complexity index is 772. The molecule has 0 aliphatic heterocycles. The number of aliphatic hydroxyl groups excluding tert-OH is 1. The molecule has 2 N–H and O–H groups in total. The van der Waals surface area contributed by atoms with Crippen molar-refractivity contribution < 1.29 is 9.50 Å². The lowest BCUT2D eigenvalue weighted by molar-refractivity contribution is 0.170. The highest BCUT2D eigenvalue weighted by Gasteiger charge is 2.11. The van der Waals surface area contributed by atoms with Crippen LogP contribution in [0.15, 0.2) is 67.3 Å². The lowest BCUT2D eigenvalue weighted by Crippen LogP contribution is -2.24. The summed E-state index contributed by atoms with van der Waals surface area (Å²) in [4.78, 5) is 4.06. The van der Waals surface area contributed by atoms with Crippen LogP contribution in [-0.4, -0.2) is 21.2 Å². The van der Waals surface area contributed by atoms with Gasteiger partial charge in [0.2, 0.25) is 0 Å². The van der Waals surface area contributed by atoms with Gasteiger partial charge in [-0.2, -0.15) is 0 Å². The third kappa shape index (κ3) is 3.88. The minimum absolute atomic E-state index is 0.0727. The maximum absolute atomic E-state index is 12.9. The molecule has 0 radical (unpaired) electrons. The van der Waals surface area contributed by atoms with Gasteiger partial charge in [-0.05, 0) is 42.3 Å². The predicted octanol–water partition coefficient (Wildman–Crippen LogP) is 3.40. The monoisotopic (exact) mass is 325 g/mol. The van der Waals surface area contributed by atoms with E-state index in [-0.39, 0.29) is 11.9 Å². The molecule has 1 heterocycles. The summed E-state index contributed by atoms with van der Waals surface area (Å²) in [6.07, 6.45) is 4.73. The number of halogens is 1. The number of nitrogens with zero attached hydrogens (tertiary/aromatic N) is 2. The molecule has 5 heteroatoms. The highest BCUT2D eigenvalue weighted by atomic mass is 19.1. The van der Waals surface area contributed by atoms with E-state index in [9.17, 15) is 9.50 Å². The molecule has 0 bridgehead atoms. The highest BCUT2D eigenvalue weighted by Crippen LogP contribution is 2.18. The first kappa shape index (κ1) is 16.4. The van der Waals surface area contributed by atoms with E-state index in [4.69, 9.17) is 0 Å². The Hall–Kier alpha value is -2.50. The molecule has 0 spiro atoms. The van der Waals surface area contributed by atoms with Gasteiger partial charge in [-0.25, -0.2) is 9.37 Å². The van der Waals surface area contributed by atoms with Crippen LogP contribution < -0.4 is 5.32 Å². The van der Waals surface area contributed by atoms with Gasteiger partial charge in [0.25, 0.3) is 0 Å². The fourth-order valence-corrected chi connectivity index (χ4v) is 2.58. The van der Waals surface area contributed by atoms with E-state index in [1.807, 2.05) is 35.9 Å². The molecule has 1 aromatic heterocycles.